The Balaban J connectivity index is 0.000000275. The van der Waals surface area contributed by atoms with Gasteiger partial charge in [-0.15, -0.1) is 12.4 Å². The highest BCUT2D eigenvalue weighted by Gasteiger charge is 2.14. The lowest BCUT2D eigenvalue weighted by Crippen LogP contribution is -2.39. The van der Waals surface area contributed by atoms with Crippen LogP contribution >= 0.6 is 12.4 Å². The number of amides is 2. The van der Waals surface area contributed by atoms with E-state index >= 15 is 0 Å². The van der Waals surface area contributed by atoms with Crippen LogP contribution in [0.3, 0.4) is 0 Å². The zero-order valence-electron chi connectivity index (χ0n) is 15.3. The van der Waals surface area contributed by atoms with Crippen molar-refractivity contribution in [3.8, 4) is 11.1 Å². The third kappa shape index (κ3) is 7.61. The van der Waals surface area contributed by atoms with Gasteiger partial charge < -0.3 is 16.8 Å². The molecule has 0 spiro atoms. The quantitative estimate of drug-likeness (QED) is 0.617. The van der Waals surface area contributed by atoms with Crippen molar-refractivity contribution >= 4 is 24.2 Å². The molecule has 28 heavy (non-hydrogen) atoms. The van der Waals surface area contributed by atoms with E-state index in [1.54, 1.807) is 24.3 Å². The second-order valence-corrected chi connectivity index (χ2v) is 5.80. The monoisotopic (exact) mass is 397 g/mol. The number of rotatable bonds is 5. The maximum absolute atomic E-state index is 11.4. The average molecular weight is 398 g/mol. The van der Waals surface area contributed by atoms with Crippen molar-refractivity contribution in [2.24, 2.45) is 11.5 Å². The number of hydrogen-bond donors (Lipinski definition) is 3. The summed E-state index contributed by atoms with van der Waals surface area (Å²) in [4.78, 5) is 21.8. The first-order valence-corrected chi connectivity index (χ1v) is 8.55. The van der Waals surface area contributed by atoms with E-state index in [1.807, 2.05) is 18.2 Å². The van der Waals surface area contributed by atoms with Crippen LogP contribution in [0.2, 0.25) is 0 Å². The minimum atomic E-state index is -0.773. The van der Waals surface area contributed by atoms with E-state index in [9.17, 15) is 9.59 Å². The largest absolute Gasteiger partial charge is 0.368 e. The summed E-state index contributed by atoms with van der Waals surface area (Å²) >= 11 is 0. The number of nitrogens with two attached hydrogens (primary N) is 2. The number of halogens is 1. The predicted octanol–water partition coefficient (Wildman–Crippen LogP) is 3.06. The number of primary amides is 1. The summed E-state index contributed by atoms with van der Waals surface area (Å²) < 4.78 is 0. The van der Waals surface area contributed by atoms with Crippen LogP contribution in [-0.2, 0) is 9.59 Å². The van der Waals surface area contributed by atoms with Gasteiger partial charge in [-0.2, -0.15) is 0 Å². The smallest absolute Gasteiger partial charge is 0.241 e. The highest BCUT2D eigenvalue weighted by molar-refractivity contribution is 5.87. The first-order valence-electron chi connectivity index (χ1n) is 8.55. The van der Waals surface area contributed by atoms with E-state index in [0.717, 1.165) is 0 Å². The molecule has 0 saturated heterocycles. The van der Waals surface area contributed by atoms with Gasteiger partial charge in [0.05, 0.1) is 6.54 Å². The fraction of sp³-hybridized carbons (Fsp3) is 0.0909. The molecule has 6 heteroatoms. The molecule has 0 radical (unpaired) electrons. The predicted molar refractivity (Wildman–Crippen MR) is 115 cm³/mol. The van der Waals surface area contributed by atoms with Crippen LogP contribution in [0.4, 0.5) is 0 Å². The van der Waals surface area contributed by atoms with E-state index in [2.05, 4.69) is 53.8 Å². The lowest BCUT2D eigenvalue weighted by Gasteiger charge is -2.11. The van der Waals surface area contributed by atoms with Crippen molar-refractivity contribution in [1.29, 1.82) is 0 Å². The Kier molecular flexibility index (Phi) is 10.0. The highest BCUT2D eigenvalue weighted by Crippen LogP contribution is 2.17. The summed E-state index contributed by atoms with van der Waals surface area (Å²) in [6, 6.07) is 28.9. The van der Waals surface area contributed by atoms with E-state index < -0.39 is 17.9 Å². The Hall–Kier alpha value is -3.15. The molecule has 0 aliphatic rings. The molecule has 3 rings (SSSR count). The van der Waals surface area contributed by atoms with Gasteiger partial charge in [-0.05, 0) is 16.7 Å². The van der Waals surface area contributed by atoms with Crippen LogP contribution < -0.4 is 16.8 Å². The molecule has 0 heterocycles. The summed E-state index contributed by atoms with van der Waals surface area (Å²) in [5, 5.41) is 2.34. The molecule has 1 unspecified atom stereocenters. The minimum Gasteiger partial charge on any atom is -0.368 e. The summed E-state index contributed by atoms with van der Waals surface area (Å²) in [6.07, 6.45) is 0. The highest BCUT2D eigenvalue weighted by atomic mass is 35.5. The molecule has 0 aromatic heterocycles. The van der Waals surface area contributed by atoms with E-state index in [1.165, 1.54) is 11.1 Å². The van der Waals surface area contributed by atoms with E-state index in [4.69, 9.17) is 11.5 Å². The first kappa shape index (κ1) is 22.9. The fourth-order valence-electron chi connectivity index (χ4n) is 2.36. The van der Waals surface area contributed by atoms with E-state index in [-0.39, 0.29) is 19.0 Å². The van der Waals surface area contributed by atoms with Gasteiger partial charge in [0.15, 0.2) is 0 Å². The number of carbonyl (C=O) groups is 2. The van der Waals surface area contributed by atoms with Crippen molar-refractivity contribution in [1.82, 2.24) is 5.32 Å². The van der Waals surface area contributed by atoms with Crippen molar-refractivity contribution in [3.05, 3.63) is 96.6 Å². The van der Waals surface area contributed by atoms with Crippen molar-refractivity contribution in [2.45, 2.75) is 6.04 Å². The van der Waals surface area contributed by atoms with Gasteiger partial charge in [-0.25, -0.2) is 0 Å². The molecule has 0 aliphatic carbocycles. The van der Waals surface area contributed by atoms with Gasteiger partial charge in [0.1, 0.15) is 6.04 Å². The third-order valence-electron chi connectivity index (χ3n) is 3.76. The Morgan fingerprint density at radius 3 is 1.54 bits per heavy atom. The lowest BCUT2D eigenvalue weighted by atomic mass is 10.1. The van der Waals surface area contributed by atoms with Crippen LogP contribution in [-0.4, -0.2) is 18.4 Å². The van der Waals surface area contributed by atoms with Crippen LogP contribution in [0.25, 0.3) is 11.1 Å². The van der Waals surface area contributed by atoms with Crippen LogP contribution in [0, 0.1) is 0 Å². The maximum Gasteiger partial charge on any atom is 0.241 e. The van der Waals surface area contributed by atoms with Crippen molar-refractivity contribution in [2.75, 3.05) is 6.54 Å². The third-order valence-corrected chi connectivity index (χ3v) is 3.76. The standard InChI is InChI=1S/C12H10.C10H13N3O2.ClH/c1-3-7-11(8-4-1)12-9-5-2-6-10-12;11-8(14)6-13-10(15)9(12)7-4-2-1-3-5-7;/h1-10H;1-5,9H,6,12H2,(H2,11,14)(H,13,15);1H. The average Bonchev–Trinajstić information content (AvgIpc) is 2.74. The van der Waals surface area contributed by atoms with Crippen LogP contribution in [0.15, 0.2) is 91.0 Å². The first-order chi connectivity index (χ1) is 13.1. The van der Waals surface area contributed by atoms with Gasteiger partial charge in [0.2, 0.25) is 11.8 Å². The van der Waals surface area contributed by atoms with Crippen LogP contribution in [0.5, 0.6) is 0 Å². The molecule has 146 valence electrons. The Morgan fingerprint density at radius 2 is 1.14 bits per heavy atom. The van der Waals surface area contributed by atoms with Gasteiger partial charge in [-0.3, -0.25) is 9.59 Å². The van der Waals surface area contributed by atoms with Crippen molar-refractivity contribution < 1.29 is 9.59 Å². The number of benzene rings is 3. The molecule has 3 aromatic carbocycles. The summed E-state index contributed by atoms with van der Waals surface area (Å²) in [7, 11) is 0. The van der Waals surface area contributed by atoms with Gasteiger partial charge in [0, 0.05) is 0 Å². The molecule has 0 bridgehead atoms. The molecule has 0 fully saturated rings. The molecule has 0 aliphatic heterocycles. The zero-order valence-corrected chi connectivity index (χ0v) is 16.1. The Labute approximate surface area is 171 Å². The molecule has 3 aromatic rings. The number of carbonyl (C=O) groups excluding carboxylic acids is 2. The molecule has 0 saturated carbocycles. The minimum absolute atomic E-state index is 0. The topological polar surface area (TPSA) is 98.2 Å². The van der Waals surface area contributed by atoms with Crippen molar-refractivity contribution in [3.63, 3.8) is 0 Å². The maximum atomic E-state index is 11.4. The zero-order chi connectivity index (χ0) is 19.5. The van der Waals surface area contributed by atoms with Gasteiger partial charge >= 0.3 is 0 Å². The Bertz CT molecular complexity index is 806. The lowest BCUT2D eigenvalue weighted by molar-refractivity contribution is -0.125. The van der Waals surface area contributed by atoms with E-state index in [0.29, 0.717) is 5.56 Å². The number of hydrogen-bond acceptors (Lipinski definition) is 3. The molecular weight excluding hydrogens is 374 g/mol. The Morgan fingerprint density at radius 1 is 0.750 bits per heavy atom. The second kappa shape index (κ2) is 12.3. The summed E-state index contributed by atoms with van der Waals surface area (Å²) in [6.45, 7) is -0.195. The summed E-state index contributed by atoms with van der Waals surface area (Å²) in [5.74, 6) is -1.01. The molecular formula is C22H24ClN3O2. The van der Waals surface area contributed by atoms with Crippen LogP contribution in [0.1, 0.15) is 11.6 Å². The summed E-state index contributed by atoms with van der Waals surface area (Å²) in [5.41, 5.74) is 13.8. The SMILES string of the molecule is Cl.NC(=O)CNC(=O)C(N)c1ccccc1.c1ccc(-c2ccccc2)cc1. The fourth-order valence-corrected chi connectivity index (χ4v) is 2.36. The number of nitrogens with one attached hydrogen (secondary N) is 1. The van der Waals surface area contributed by atoms with Gasteiger partial charge in [0.25, 0.3) is 0 Å². The second-order valence-electron chi connectivity index (χ2n) is 5.80. The molecule has 2 amide bonds. The molecule has 5 nitrogen and oxygen atoms in total. The molecule has 1 atom stereocenters. The van der Waals surface area contributed by atoms with Gasteiger partial charge in [-0.1, -0.05) is 91.0 Å². The molecule has 5 N–H and O–H groups in total. The normalized spacial score (nSPS) is 10.5.